The Kier molecular flexibility index (Phi) is 5.43. The highest BCUT2D eigenvalue weighted by atomic mass is 16.5. The summed E-state index contributed by atoms with van der Waals surface area (Å²) in [6, 6.07) is 25.5. The van der Waals surface area contributed by atoms with Gasteiger partial charge in [0.15, 0.2) is 6.10 Å². The number of ether oxygens (including phenoxy) is 1. The Morgan fingerprint density at radius 3 is 2.39 bits per heavy atom. The zero-order valence-corrected chi connectivity index (χ0v) is 16.1. The largest absolute Gasteiger partial charge is 0.479 e. The molecule has 1 N–H and O–H groups in total. The number of rotatable bonds is 7. The van der Waals surface area contributed by atoms with Crippen LogP contribution in [0.1, 0.15) is 47.3 Å². The average molecular weight is 371 g/mol. The first-order valence-electron chi connectivity index (χ1n) is 9.96. The van der Waals surface area contributed by atoms with Crippen LogP contribution in [0.15, 0.2) is 78.9 Å². The summed E-state index contributed by atoms with van der Waals surface area (Å²) in [6.07, 6.45) is 2.91. The van der Waals surface area contributed by atoms with Gasteiger partial charge in [0.25, 0.3) is 0 Å². The average Bonchev–Trinajstić information content (AvgIpc) is 3.12. The fourth-order valence-electron chi connectivity index (χ4n) is 3.67. The van der Waals surface area contributed by atoms with Gasteiger partial charge in [-0.15, -0.1) is 0 Å². The zero-order valence-electron chi connectivity index (χ0n) is 16.1. The van der Waals surface area contributed by atoms with Crippen LogP contribution in [0.25, 0.3) is 0 Å². The molecule has 3 nitrogen and oxygen atoms in total. The quantitative estimate of drug-likeness (QED) is 0.531. The smallest absolute Gasteiger partial charge is 0.205 e. The number of fused-ring (bicyclic) bond motifs is 1. The van der Waals surface area contributed by atoms with Crippen LogP contribution in [0.2, 0.25) is 0 Å². The lowest BCUT2D eigenvalue weighted by Crippen LogP contribution is -2.33. The lowest BCUT2D eigenvalue weighted by atomic mass is 9.96. The standard InChI is InChI=1S/C25H25NO2/c1-2-3-9-18-14-16-20(17-15-18)26-23-21-12-7-8-13-22(21)28-25(23)24(27)19-10-5-4-6-11-19/h4-8,10-17,23,25-26H,2-3,9H2,1H3. The third-order valence-corrected chi connectivity index (χ3v) is 5.22. The molecule has 0 fully saturated rings. The maximum Gasteiger partial charge on any atom is 0.205 e. The number of carbonyl (C=O) groups is 1. The molecule has 0 aliphatic carbocycles. The van der Waals surface area contributed by atoms with E-state index in [0.29, 0.717) is 5.56 Å². The van der Waals surface area contributed by atoms with Crippen molar-refractivity contribution in [3.8, 4) is 5.75 Å². The predicted molar refractivity (Wildman–Crippen MR) is 113 cm³/mol. The monoisotopic (exact) mass is 371 g/mol. The van der Waals surface area contributed by atoms with Crippen molar-refractivity contribution in [1.29, 1.82) is 0 Å². The van der Waals surface area contributed by atoms with Gasteiger partial charge < -0.3 is 10.1 Å². The Morgan fingerprint density at radius 2 is 1.64 bits per heavy atom. The van der Waals surface area contributed by atoms with Gasteiger partial charge in [-0.1, -0.05) is 74.0 Å². The molecule has 0 aromatic heterocycles. The van der Waals surface area contributed by atoms with Gasteiger partial charge in [0.2, 0.25) is 5.78 Å². The van der Waals surface area contributed by atoms with Gasteiger partial charge in [0, 0.05) is 16.8 Å². The molecule has 1 aliphatic heterocycles. The second-order valence-electron chi connectivity index (χ2n) is 7.23. The SMILES string of the molecule is CCCCc1ccc(NC2c3ccccc3OC2C(=O)c2ccccc2)cc1. The third-order valence-electron chi connectivity index (χ3n) is 5.22. The van der Waals surface area contributed by atoms with Crippen LogP contribution in [0.4, 0.5) is 5.69 Å². The lowest BCUT2D eigenvalue weighted by molar-refractivity contribution is 0.0802. The van der Waals surface area contributed by atoms with E-state index in [1.807, 2.05) is 54.6 Å². The molecular weight excluding hydrogens is 346 g/mol. The van der Waals surface area contributed by atoms with Crippen molar-refractivity contribution in [2.45, 2.75) is 38.3 Å². The van der Waals surface area contributed by atoms with Gasteiger partial charge in [0.05, 0.1) is 6.04 Å². The first-order valence-corrected chi connectivity index (χ1v) is 9.96. The zero-order chi connectivity index (χ0) is 19.3. The Morgan fingerprint density at radius 1 is 0.929 bits per heavy atom. The minimum Gasteiger partial charge on any atom is -0.479 e. The van der Waals surface area contributed by atoms with Crippen molar-refractivity contribution in [2.24, 2.45) is 0 Å². The van der Waals surface area contributed by atoms with Crippen molar-refractivity contribution >= 4 is 11.5 Å². The number of Topliss-reactive ketones (excluding diaryl/α,β-unsaturated/α-hetero) is 1. The highest BCUT2D eigenvalue weighted by Crippen LogP contribution is 2.39. The summed E-state index contributed by atoms with van der Waals surface area (Å²) in [5, 5.41) is 3.54. The normalized spacial score (nSPS) is 17.6. The van der Waals surface area contributed by atoms with Crippen LogP contribution in [0.3, 0.4) is 0 Å². The number of hydrogen-bond donors (Lipinski definition) is 1. The fourth-order valence-corrected chi connectivity index (χ4v) is 3.67. The number of unbranched alkanes of at least 4 members (excludes halogenated alkanes) is 1. The number of para-hydroxylation sites is 1. The number of benzene rings is 3. The number of anilines is 1. The summed E-state index contributed by atoms with van der Waals surface area (Å²) in [4.78, 5) is 13.1. The van der Waals surface area contributed by atoms with Gasteiger partial charge in [-0.2, -0.15) is 0 Å². The first-order chi connectivity index (χ1) is 13.8. The van der Waals surface area contributed by atoms with Crippen molar-refractivity contribution in [2.75, 3.05) is 5.32 Å². The summed E-state index contributed by atoms with van der Waals surface area (Å²) in [6.45, 7) is 2.21. The second kappa shape index (κ2) is 8.30. The van der Waals surface area contributed by atoms with Crippen molar-refractivity contribution in [1.82, 2.24) is 0 Å². The molecule has 142 valence electrons. The van der Waals surface area contributed by atoms with E-state index in [1.165, 1.54) is 18.4 Å². The summed E-state index contributed by atoms with van der Waals surface area (Å²) >= 11 is 0. The maximum absolute atomic E-state index is 13.1. The van der Waals surface area contributed by atoms with E-state index in [1.54, 1.807) is 0 Å². The molecule has 0 saturated carbocycles. The number of aryl methyl sites for hydroxylation is 1. The lowest BCUT2D eigenvalue weighted by Gasteiger charge is -2.21. The number of carbonyl (C=O) groups excluding carboxylic acids is 1. The summed E-state index contributed by atoms with van der Waals surface area (Å²) in [5.74, 6) is 0.766. The molecule has 0 saturated heterocycles. The second-order valence-corrected chi connectivity index (χ2v) is 7.23. The molecule has 28 heavy (non-hydrogen) atoms. The van der Waals surface area contributed by atoms with Gasteiger partial charge in [-0.3, -0.25) is 4.79 Å². The fraction of sp³-hybridized carbons (Fsp3) is 0.240. The highest BCUT2D eigenvalue weighted by molar-refractivity contribution is 6.01. The number of ketones is 1. The molecule has 1 aliphatic rings. The summed E-state index contributed by atoms with van der Waals surface area (Å²) in [7, 11) is 0. The molecule has 0 amide bonds. The molecule has 3 aromatic rings. The minimum absolute atomic E-state index is 0.00568. The summed E-state index contributed by atoms with van der Waals surface area (Å²) in [5.41, 5.74) is 4.03. The number of hydrogen-bond acceptors (Lipinski definition) is 3. The summed E-state index contributed by atoms with van der Waals surface area (Å²) < 4.78 is 6.07. The molecule has 2 unspecified atom stereocenters. The minimum atomic E-state index is -0.584. The Hall–Kier alpha value is -3.07. The van der Waals surface area contributed by atoms with E-state index in [-0.39, 0.29) is 11.8 Å². The molecule has 0 radical (unpaired) electrons. The van der Waals surface area contributed by atoms with Crippen molar-refractivity contribution in [3.05, 3.63) is 95.6 Å². The topological polar surface area (TPSA) is 38.3 Å². The van der Waals surface area contributed by atoms with E-state index in [9.17, 15) is 4.79 Å². The molecule has 0 spiro atoms. The van der Waals surface area contributed by atoms with Crippen LogP contribution in [-0.4, -0.2) is 11.9 Å². The highest BCUT2D eigenvalue weighted by Gasteiger charge is 2.39. The molecule has 3 heteroatoms. The van der Waals surface area contributed by atoms with Gasteiger partial charge in [-0.25, -0.2) is 0 Å². The van der Waals surface area contributed by atoms with E-state index < -0.39 is 6.10 Å². The van der Waals surface area contributed by atoms with E-state index in [4.69, 9.17) is 4.74 Å². The van der Waals surface area contributed by atoms with Gasteiger partial charge in [-0.05, 0) is 36.6 Å². The molecule has 0 bridgehead atoms. The van der Waals surface area contributed by atoms with Crippen LogP contribution in [0.5, 0.6) is 5.75 Å². The number of nitrogens with one attached hydrogen (secondary N) is 1. The molecule has 3 aromatic carbocycles. The van der Waals surface area contributed by atoms with Crippen LogP contribution in [-0.2, 0) is 6.42 Å². The van der Waals surface area contributed by atoms with Gasteiger partial charge >= 0.3 is 0 Å². The van der Waals surface area contributed by atoms with Crippen LogP contribution < -0.4 is 10.1 Å². The van der Waals surface area contributed by atoms with E-state index >= 15 is 0 Å². The van der Waals surface area contributed by atoms with Crippen LogP contribution in [0, 0.1) is 0 Å². The van der Waals surface area contributed by atoms with E-state index in [0.717, 1.165) is 23.4 Å². The van der Waals surface area contributed by atoms with E-state index in [2.05, 4.69) is 36.5 Å². The molecular formula is C25H25NO2. The Labute approximate surface area is 166 Å². The van der Waals surface area contributed by atoms with Crippen LogP contribution >= 0.6 is 0 Å². The van der Waals surface area contributed by atoms with Crippen molar-refractivity contribution < 1.29 is 9.53 Å². The third kappa shape index (κ3) is 3.79. The molecule has 4 rings (SSSR count). The predicted octanol–water partition coefficient (Wildman–Crippen LogP) is 5.83. The maximum atomic E-state index is 13.1. The first kappa shape index (κ1) is 18.3. The Bertz CT molecular complexity index is 934. The molecule has 2 atom stereocenters. The molecule has 1 heterocycles. The van der Waals surface area contributed by atoms with Gasteiger partial charge in [0.1, 0.15) is 5.75 Å². The Balaban J connectivity index is 1.59. The van der Waals surface area contributed by atoms with Crippen molar-refractivity contribution in [3.63, 3.8) is 0 Å².